The molecule has 0 saturated carbocycles. The van der Waals surface area contributed by atoms with Crippen LogP contribution in [0.5, 0.6) is 0 Å². The Bertz CT molecular complexity index is 1200. The molecule has 0 radical (unpaired) electrons. The molecule has 0 bridgehead atoms. The van der Waals surface area contributed by atoms with Crippen LogP contribution in [0.4, 0.5) is 5.82 Å². The highest BCUT2D eigenvalue weighted by atomic mass is 79.9. The number of allylic oxidation sites excluding steroid dienone is 5. The molecule has 8 nitrogen and oxygen atoms in total. The van der Waals surface area contributed by atoms with Crippen molar-refractivity contribution in [2.45, 2.75) is 19.0 Å². The minimum Gasteiger partial charge on any atom is -0.384 e. The maximum atomic E-state index is 12.6. The third-order valence-corrected chi connectivity index (χ3v) is 7.00. The normalized spacial score (nSPS) is 16.5. The first-order valence-electron chi connectivity index (χ1n) is 7.82. The summed E-state index contributed by atoms with van der Waals surface area (Å²) in [4.78, 5) is 27.9. The predicted molar refractivity (Wildman–Crippen MR) is 108 cm³/mol. The molecule has 142 valence electrons. The van der Waals surface area contributed by atoms with E-state index in [1.165, 1.54) is 22.6 Å². The Hall–Kier alpha value is -2.11. The molecule has 2 heterocycles. The van der Waals surface area contributed by atoms with Gasteiger partial charge in [-0.05, 0) is 45.6 Å². The van der Waals surface area contributed by atoms with Crippen LogP contribution in [0.2, 0.25) is 0 Å². The van der Waals surface area contributed by atoms with Crippen LogP contribution in [-0.2, 0) is 14.6 Å². The van der Waals surface area contributed by atoms with E-state index in [4.69, 9.17) is 5.73 Å². The lowest BCUT2D eigenvalue weighted by Crippen LogP contribution is -2.20. The largest absolute Gasteiger partial charge is 0.384 e. The number of nitrogens with two attached hydrogens (primary N) is 1. The number of ketones is 1. The molecular formula is C16H15BrN4O4S2. The molecule has 0 amide bonds. The number of fused-ring (bicyclic) bond motifs is 1. The fourth-order valence-corrected chi connectivity index (χ4v) is 5.66. The summed E-state index contributed by atoms with van der Waals surface area (Å²) < 4.78 is 30.7. The summed E-state index contributed by atoms with van der Waals surface area (Å²) in [5.74, 6) is -0.471. The molecule has 1 aliphatic carbocycles. The average Bonchev–Trinajstić information content (AvgIpc) is 2.98. The number of sulfone groups is 1. The van der Waals surface area contributed by atoms with Crippen molar-refractivity contribution in [1.82, 2.24) is 13.8 Å². The lowest BCUT2D eigenvalue weighted by molar-refractivity contribution is -0.110. The molecule has 0 unspecified atom stereocenters. The highest BCUT2D eigenvalue weighted by Crippen LogP contribution is 2.24. The van der Waals surface area contributed by atoms with Crippen molar-refractivity contribution in [2.24, 2.45) is 5.92 Å². The molecule has 2 aromatic heterocycles. The lowest BCUT2D eigenvalue weighted by Gasteiger charge is -2.09. The van der Waals surface area contributed by atoms with Gasteiger partial charge < -0.3 is 5.73 Å². The summed E-state index contributed by atoms with van der Waals surface area (Å²) in [5, 5.41) is -0.230. The molecule has 2 aromatic rings. The minimum atomic E-state index is -3.70. The standard InChI is InChI=1S/C16H15BrN4O4S2/c1-8(2)7-27(24,25)16-20-26-15-19-14(23)10(13(18)21(15)16)5-9-3-4-12(22)11(17)6-9/h3-6,8H,7,18H2,1-2H3. The molecule has 0 aromatic carbocycles. The number of nitrogens with zero attached hydrogens (tertiary/aromatic N) is 3. The van der Waals surface area contributed by atoms with E-state index in [1.807, 2.05) is 0 Å². The zero-order valence-corrected chi connectivity index (χ0v) is 17.6. The van der Waals surface area contributed by atoms with Crippen molar-refractivity contribution < 1.29 is 13.2 Å². The first-order valence-corrected chi connectivity index (χ1v) is 11.0. The highest BCUT2D eigenvalue weighted by molar-refractivity contribution is 9.12. The first kappa shape index (κ1) is 19.6. The van der Waals surface area contributed by atoms with Gasteiger partial charge >= 0.3 is 0 Å². The molecule has 0 spiro atoms. The number of hydrogen-bond acceptors (Lipinski definition) is 8. The maximum absolute atomic E-state index is 12.6. The number of aromatic nitrogens is 3. The molecular weight excluding hydrogens is 456 g/mol. The summed E-state index contributed by atoms with van der Waals surface area (Å²) in [6.07, 6.45) is 5.87. The van der Waals surface area contributed by atoms with Crippen LogP contribution < -0.4 is 11.3 Å². The quantitative estimate of drug-likeness (QED) is 0.723. The van der Waals surface area contributed by atoms with Gasteiger partial charge in [-0.15, -0.1) is 0 Å². The van der Waals surface area contributed by atoms with Crippen LogP contribution in [0.15, 0.2) is 38.2 Å². The van der Waals surface area contributed by atoms with Gasteiger partial charge in [0, 0.05) is 11.5 Å². The fraction of sp³-hybridized carbons (Fsp3) is 0.250. The third kappa shape index (κ3) is 3.80. The Balaban J connectivity index is 2.22. The Kier molecular flexibility index (Phi) is 5.19. The minimum absolute atomic E-state index is 0.0271. The molecule has 11 heteroatoms. The molecule has 27 heavy (non-hydrogen) atoms. The topological polar surface area (TPSA) is 124 Å². The number of carbonyl (C=O) groups excluding carboxylic acids is 1. The number of nitrogen functional groups attached to an aromatic ring is 1. The zero-order valence-electron chi connectivity index (χ0n) is 14.3. The van der Waals surface area contributed by atoms with Crippen LogP contribution >= 0.6 is 27.5 Å². The third-order valence-electron chi connectivity index (χ3n) is 3.63. The van der Waals surface area contributed by atoms with E-state index in [2.05, 4.69) is 25.3 Å². The van der Waals surface area contributed by atoms with Gasteiger partial charge in [-0.2, -0.15) is 9.36 Å². The number of hydrogen-bond donors (Lipinski definition) is 1. The van der Waals surface area contributed by atoms with Crippen molar-refractivity contribution in [3.63, 3.8) is 0 Å². The molecule has 0 atom stereocenters. The summed E-state index contributed by atoms with van der Waals surface area (Å²) in [7, 11) is -3.70. The molecule has 0 aliphatic heterocycles. The van der Waals surface area contributed by atoms with Gasteiger partial charge in [-0.1, -0.05) is 19.9 Å². The molecule has 0 saturated heterocycles. The Morgan fingerprint density at radius 3 is 2.67 bits per heavy atom. The second-order valence-electron chi connectivity index (χ2n) is 6.31. The Labute approximate surface area is 167 Å². The summed E-state index contributed by atoms with van der Waals surface area (Å²) in [5.41, 5.74) is 6.09. The number of rotatable bonds is 4. The van der Waals surface area contributed by atoms with Crippen LogP contribution in [0.1, 0.15) is 19.4 Å². The Morgan fingerprint density at radius 1 is 1.33 bits per heavy atom. The van der Waals surface area contributed by atoms with Crippen molar-refractivity contribution >= 4 is 59.9 Å². The van der Waals surface area contributed by atoms with E-state index in [0.717, 1.165) is 11.5 Å². The number of halogens is 1. The van der Waals surface area contributed by atoms with E-state index < -0.39 is 15.4 Å². The molecule has 1 aliphatic rings. The molecule has 0 fully saturated rings. The maximum Gasteiger partial charge on any atom is 0.283 e. The van der Waals surface area contributed by atoms with Gasteiger partial charge in [0.25, 0.3) is 5.56 Å². The van der Waals surface area contributed by atoms with Gasteiger partial charge in [0.2, 0.25) is 20.0 Å². The number of carbonyl (C=O) groups is 1. The average molecular weight is 471 g/mol. The van der Waals surface area contributed by atoms with Gasteiger partial charge in [0.15, 0.2) is 5.78 Å². The Morgan fingerprint density at radius 2 is 2.04 bits per heavy atom. The van der Waals surface area contributed by atoms with Gasteiger partial charge in [0.05, 0.1) is 15.8 Å². The van der Waals surface area contributed by atoms with Gasteiger partial charge in [-0.3, -0.25) is 9.59 Å². The van der Waals surface area contributed by atoms with Crippen molar-refractivity contribution in [3.8, 4) is 0 Å². The monoisotopic (exact) mass is 470 g/mol. The SMILES string of the molecule is CC(C)CS(=O)(=O)c1nsc2nc(=O)c(C=C3C=CC(=O)C(Br)=C3)c(N)n12. The van der Waals surface area contributed by atoms with E-state index in [9.17, 15) is 18.0 Å². The van der Waals surface area contributed by atoms with Crippen LogP contribution in [-0.4, -0.2) is 33.7 Å². The summed E-state index contributed by atoms with van der Waals surface area (Å²) in [6, 6.07) is 0. The zero-order chi connectivity index (χ0) is 19.9. The van der Waals surface area contributed by atoms with Gasteiger partial charge in [-0.25, -0.2) is 12.8 Å². The van der Waals surface area contributed by atoms with Crippen molar-refractivity contribution in [1.29, 1.82) is 0 Å². The second kappa shape index (κ2) is 7.13. The second-order valence-corrected chi connectivity index (χ2v) is 9.82. The van der Waals surface area contributed by atoms with Gasteiger partial charge in [0.1, 0.15) is 5.82 Å². The first-order chi connectivity index (χ1) is 12.6. The van der Waals surface area contributed by atoms with Crippen LogP contribution in [0.25, 0.3) is 11.0 Å². The van der Waals surface area contributed by atoms with Crippen LogP contribution in [0, 0.1) is 5.92 Å². The molecule has 3 rings (SSSR count). The summed E-state index contributed by atoms with van der Waals surface area (Å²) >= 11 is 3.94. The predicted octanol–water partition coefficient (Wildman–Crippen LogP) is 1.96. The van der Waals surface area contributed by atoms with Crippen molar-refractivity contribution in [3.05, 3.63) is 44.2 Å². The smallest absolute Gasteiger partial charge is 0.283 e. The van der Waals surface area contributed by atoms with E-state index in [-0.39, 0.29) is 39.0 Å². The highest BCUT2D eigenvalue weighted by Gasteiger charge is 2.26. The van der Waals surface area contributed by atoms with E-state index >= 15 is 0 Å². The van der Waals surface area contributed by atoms with E-state index in [1.54, 1.807) is 19.9 Å². The van der Waals surface area contributed by atoms with E-state index in [0.29, 0.717) is 10.1 Å². The number of anilines is 1. The summed E-state index contributed by atoms with van der Waals surface area (Å²) in [6.45, 7) is 3.57. The fourth-order valence-electron chi connectivity index (χ4n) is 2.52. The molecule has 2 N–H and O–H groups in total. The van der Waals surface area contributed by atoms with Crippen molar-refractivity contribution in [2.75, 3.05) is 11.5 Å². The van der Waals surface area contributed by atoms with Crippen LogP contribution in [0.3, 0.4) is 0 Å². The lowest BCUT2D eigenvalue weighted by atomic mass is 10.1.